The molecule has 0 saturated carbocycles. The molecule has 2 aromatic carbocycles. The highest BCUT2D eigenvalue weighted by atomic mass is 16.5. The van der Waals surface area contributed by atoms with Crippen molar-refractivity contribution >= 4 is 22.5 Å². The second kappa shape index (κ2) is 5.61. The number of fused-ring (bicyclic) bond motifs is 1. The van der Waals surface area contributed by atoms with Gasteiger partial charge in [0.25, 0.3) is 11.5 Å². The Labute approximate surface area is 155 Å². The van der Waals surface area contributed by atoms with Gasteiger partial charge >= 0.3 is 0 Å². The average molecular weight is 362 g/mol. The summed E-state index contributed by atoms with van der Waals surface area (Å²) < 4.78 is 6.86. The van der Waals surface area contributed by atoms with Crippen LogP contribution in [-0.4, -0.2) is 29.2 Å². The third kappa shape index (κ3) is 2.13. The van der Waals surface area contributed by atoms with Crippen molar-refractivity contribution < 1.29 is 14.6 Å². The SMILES string of the molecule is COc1ccc2c(c1)CCN2C(=O)c1c(O)c2cccc3c2n(c1=O)CC3. The van der Waals surface area contributed by atoms with E-state index >= 15 is 0 Å². The number of amides is 1. The lowest BCUT2D eigenvalue weighted by Crippen LogP contribution is -2.35. The van der Waals surface area contributed by atoms with Crippen LogP contribution in [0.1, 0.15) is 21.5 Å². The highest BCUT2D eigenvalue weighted by Crippen LogP contribution is 2.36. The third-order valence-corrected chi connectivity index (χ3v) is 5.59. The number of hydrogen-bond donors (Lipinski definition) is 1. The lowest BCUT2D eigenvalue weighted by Gasteiger charge is -2.19. The largest absolute Gasteiger partial charge is 0.506 e. The third-order valence-electron chi connectivity index (χ3n) is 5.59. The molecule has 3 aromatic rings. The van der Waals surface area contributed by atoms with Crippen LogP contribution in [0.5, 0.6) is 11.5 Å². The van der Waals surface area contributed by atoms with Gasteiger partial charge in [-0.1, -0.05) is 12.1 Å². The number of rotatable bonds is 2. The van der Waals surface area contributed by atoms with Gasteiger partial charge in [-0.05, 0) is 48.2 Å². The van der Waals surface area contributed by atoms with E-state index in [-0.39, 0.29) is 11.3 Å². The van der Waals surface area contributed by atoms with Crippen LogP contribution in [0.3, 0.4) is 0 Å². The average Bonchev–Trinajstić information content (AvgIpc) is 3.30. The molecule has 1 N–H and O–H groups in total. The second-order valence-electron chi connectivity index (χ2n) is 6.95. The topological polar surface area (TPSA) is 71.8 Å². The number of carbonyl (C=O) groups is 1. The fourth-order valence-corrected chi connectivity index (χ4v) is 4.26. The Hall–Kier alpha value is -3.28. The molecule has 0 bridgehead atoms. The molecule has 0 spiro atoms. The number of aromatic hydroxyl groups is 1. The van der Waals surface area contributed by atoms with E-state index in [1.54, 1.807) is 28.7 Å². The Kier molecular flexibility index (Phi) is 3.31. The van der Waals surface area contributed by atoms with Crippen molar-refractivity contribution in [2.24, 2.45) is 0 Å². The zero-order chi connectivity index (χ0) is 18.7. The molecule has 136 valence electrons. The normalized spacial score (nSPS) is 14.6. The number of pyridine rings is 1. The molecule has 0 saturated heterocycles. The minimum Gasteiger partial charge on any atom is -0.506 e. The van der Waals surface area contributed by atoms with Crippen LogP contribution in [0, 0.1) is 0 Å². The first-order valence-electron chi connectivity index (χ1n) is 8.96. The van der Waals surface area contributed by atoms with Crippen molar-refractivity contribution in [1.29, 1.82) is 0 Å². The summed E-state index contributed by atoms with van der Waals surface area (Å²) in [6, 6.07) is 11.1. The van der Waals surface area contributed by atoms with Gasteiger partial charge in [-0.25, -0.2) is 0 Å². The molecule has 0 aliphatic carbocycles. The molecule has 0 fully saturated rings. The molecule has 2 aliphatic heterocycles. The molecule has 27 heavy (non-hydrogen) atoms. The quantitative estimate of drug-likeness (QED) is 0.760. The smallest absolute Gasteiger partial charge is 0.267 e. The van der Waals surface area contributed by atoms with Crippen molar-refractivity contribution in [2.75, 3.05) is 18.6 Å². The highest BCUT2D eigenvalue weighted by molar-refractivity contribution is 6.11. The maximum atomic E-state index is 13.3. The Morgan fingerprint density at radius 1 is 1.11 bits per heavy atom. The van der Waals surface area contributed by atoms with Gasteiger partial charge in [0.1, 0.15) is 17.1 Å². The van der Waals surface area contributed by atoms with E-state index in [9.17, 15) is 14.7 Å². The van der Waals surface area contributed by atoms with Gasteiger partial charge in [0.05, 0.1) is 12.6 Å². The van der Waals surface area contributed by atoms with Crippen LogP contribution in [0.2, 0.25) is 0 Å². The van der Waals surface area contributed by atoms with Crippen molar-refractivity contribution in [3.8, 4) is 11.5 Å². The molecule has 0 atom stereocenters. The van der Waals surface area contributed by atoms with Gasteiger partial charge in [-0.15, -0.1) is 0 Å². The molecule has 6 nitrogen and oxygen atoms in total. The number of ether oxygens (including phenoxy) is 1. The minimum absolute atomic E-state index is 0.148. The maximum absolute atomic E-state index is 13.3. The summed E-state index contributed by atoms with van der Waals surface area (Å²) >= 11 is 0. The van der Waals surface area contributed by atoms with E-state index in [4.69, 9.17) is 4.74 Å². The first-order chi connectivity index (χ1) is 13.1. The zero-order valence-electron chi connectivity index (χ0n) is 14.9. The molecule has 6 heteroatoms. The van der Waals surface area contributed by atoms with E-state index in [1.165, 1.54) is 0 Å². The van der Waals surface area contributed by atoms with Crippen molar-refractivity contribution in [1.82, 2.24) is 4.57 Å². The summed E-state index contributed by atoms with van der Waals surface area (Å²) in [5, 5.41) is 11.3. The highest BCUT2D eigenvalue weighted by Gasteiger charge is 2.32. The van der Waals surface area contributed by atoms with Crippen molar-refractivity contribution in [3.63, 3.8) is 0 Å². The molecule has 1 amide bonds. The maximum Gasteiger partial charge on any atom is 0.267 e. The molecular weight excluding hydrogens is 344 g/mol. The number of nitrogens with zero attached hydrogens (tertiary/aromatic N) is 2. The van der Waals surface area contributed by atoms with Crippen LogP contribution in [0.25, 0.3) is 10.9 Å². The Balaban J connectivity index is 1.67. The number of para-hydroxylation sites is 1. The molecule has 1 aromatic heterocycles. The second-order valence-corrected chi connectivity index (χ2v) is 6.95. The lowest BCUT2D eigenvalue weighted by molar-refractivity contribution is 0.0985. The van der Waals surface area contributed by atoms with E-state index in [1.807, 2.05) is 24.3 Å². The predicted octanol–water partition coefficient (Wildman–Crippen LogP) is 2.47. The van der Waals surface area contributed by atoms with Crippen LogP contribution in [0.4, 0.5) is 5.69 Å². The number of anilines is 1. The summed E-state index contributed by atoms with van der Waals surface area (Å²) in [5.41, 5.74) is 2.95. The number of aromatic nitrogens is 1. The summed E-state index contributed by atoms with van der Waals surface area (Å²) in [6.07, 6.45) is 1.42. The van der Waals surface area contributed by atoms with Gasteiger partial charge in [-0.2, -0.15) is 0 Å². The fourth-order valence-electron chi connectivity index (χ4n) is 4.26. The predicted molar refractivity (Wildman–Crippen MR) is 102 cm³/mol. The van der Waals surface area contributed by atoms with Crippen molar-refractivity contribution in [3.05, 3.63) is 63.4 Å². The zero-order valence-corrected chi connectivity index (χ0v) is 14.9. The summed E-state index contributed by atoms with van der Waals surface area (Å²) in [4.78, 5) is 27.8. The first-order valence-corrected chi connectivity index (χ1v) is 8.96. The fraction of sp³-hybridized carbons (Fsp3) is 0.238. The lowest BCUT2D eigenvalue weighted by atomic mass is 10.1. The van der Waals surface area contributed by atoms with E-state index < -0.39 is 11.5 Å². The Bertz CT molecular complexity index is 1180. The minimum atomic E-state index is -0.454. The van der Waals surface area contributed by atoms with Crippen LogP contribution < -0.4 is 15.2 Å². The van der Waals surface area contributed by atoms with Crippen molar-refractivity contribution in [2.45, 2.75) is 19.4 Å². The number of benzene rings is 2. The van der Waals surface area contributed by atoms with E-state index in [0.717, 1.165) is 34.5 Å². The number of carbonyl (C=O) groups excluding carboxylic acids is 1. The Morgan fingerprint density at radius 2 is 1.93 bits per heavy atom. The molecule has 0 unspecified atom stereocenters. The van der Waals surface area contributed by atoms with Crippen LogP contribution in [-0.2, 0) is 19.4 Å². The monoisotopic (exact) mass is 362 g/mol. The van der Waals surface area contributed by atoms with E-state index in [2.05, 4.69) is 0 Å². The van der Waals surface area contributed by atoms with Gasteiger partial charge < -0.3 is 19.3 Å². The first kappa shape index (κ1) is 15.9. The molecular formula is C21H18N2O4. The number of methoxy groups -OCH3 is 1. The standard InChI is InChI=1S/C21H18N2O4/c1-27-14-5-6-16-13(11-14)8-9-22(16)20(25)17-19(24)15-4-2-3-12-7-10-23(18(12)15)21(17)26/h2-6,11,24H,7-10H2,1H3. The van der Waals surface area contributed by atoms with Crippen LogP contribution in [0.15, 0.2) is 41.2 Å². The Morgan fingerprint density at radius 3 is 2.74 bits per heavy atom. The summed E-state index contributed by atoms with van der Waals surface area (Å²) in [6.45, 7) is 1.00. The molecule has 3 heterocycles. The molecule has 2 aliphatic rings. The number of aryl methyl sites for hydroxylation is 2. The van der Waals surface area contributed by atoms with Gasteiger partial charge in [0.15, 0.2) is 0 Å². The summed E-state index contributed by atoms with van der Waals surface area (Å²) in [5.74, 6) is 0.0590. The summed E-state index contributed by atoms with van der Waals surface area (Å²) in [7, 11) is 1.60. The van der Waals surface area contributed by atoms with Gasteiger partial charge in [-0.3, -0.25) is 9.59 Å². The molecule has 5 rings (SSSR count). The number of hydrogen-bond acceptors (Lipinski definition) is 4. The van der Waals surface area contributed by atoms with Crippen LogP contribution >= 0.6 is 0 Å². The van der Waals surface area contributed by atoms with Gasteiger partial charge in [0.2, 0.25) is 0 Å². The molecule has 0 radical (unpaired) electrons. The van der Waals surface area contributed by atoms with E-state index in [0.29, 0.717) is 24.9 Å². The van der Waals surface area contributed by atoms with Gasteiger partial charge in [0, 0.05) is 24.2 Å².